The zero-order valence-electron chi connectivity index (χ0n) is 7.89. The van der Waals surface area contributed by atoms with Gasteiger partial charge in [0.05, 0.1) is 12.0 Å². The third-order valence-corrected chi connectivity index (χ3v) is 2.95. The molecule has 5 nitrogen and oxygen atoms in total. The van der Waals surface area contributed by atoms with Gasteiger partial charge in [-0.3, -0.25) is 9.48 Å². The monoisotopic (exact) mass is 195 g/mol. The Kier molecular flexibility index (Phi) is 2.23. The van der Waals surface area contributed by atoms with Gasteiger partial charge in [0, 0.05) is 0 Å². The summed E-state index contributed by atoms with van der Waals surface area (Å²) in [6.45, 7) is 0.447. The van der Waals surface area contributed by atoms with Gasteiger partial charge in [-0.05, 0) is 12.8 Å². The van der Waals surface area contributed by atoms with Crippen molar-refractivity contribution in [3.8, 4) is 0 Å². The summed E-state index contributed by atoms with van der Waals surface area (Å²) in [7, 11) is 0. The molecular weight excluding hydrogens is 182 g/mol. The van der Waals surface area contributed by atoms with Gasteiger partial charge in [-0.2, -0.15) is 5.10 Å². The quantitative estimate of drug-likeness (QED) is 0.778. The summed E-state index contributed by atoms with van der Waals surface area (Å²) < 4.78 is 1.61. The number of carbonyl (C=O) groups is 1. The van der Waals surface area contributed by atoms with Crippen LogP contribution in [0, 0.1) is 5.41 Å². The summed E-state index contributed by atoms with van der Waals surface area (Å²) in [4.78, 5) is 15.0. The van der Waals surface area contributed by atoms with E-state index in [0.29, 0.717) is 6.54 Å². The van der Waals surface area contributed by atoms with Crippen molar-refractivity contribution in [2.75, 3.05) is 0 Å². The molecule has 0 amide bonds. The Labute approximate surface area is 81.8 Å². The van der Waals surface area contributed by atoms with Crippen molar-refractivity contribution in [2.24, 2.45) is 5.41 Å². The second kappa shape index (κ2) is 3.40. The Morgan fingerprint density at radius 1 is 1.50 bits per heavy atom. The van der Waals surface area contributed by atoms with Gasteiger partial charge >= 0.3 is 5.97 Å². The topological polar surface area (TPSA) is 68.0 Å². The second-order valence-corrected chi connectivity index (χ2v) is 3.89. The van der Waals surface area contributed by atoms with Crippen LogP contribution >= 0.6 is 0 Å². The van der Waals surface area contributed by atoms with Crippen LogP contribution in [0.1, 0.15) is 25.7 Å². The van der Waals surface area contributed by atoms with Crippen LogP contribution in [0.25, 0.3) is 0 Å². The van der Waals surface area contributed by atoms with E-state index in [9.17, 15) is 9.90 Å². The molecule has 1 heterocycles. The van der Waals surface area contributed by atoms with E-state index in [2.05, 4.69) is 10.1 Å². The molecule has 2 rings (SSSR count). The molecule has 1 N–H and O–H groups in total. The maximum Gasteiger partial charge on any atom is 0.311 e. The molecule has 0 spiro atoms. The van der Waals surface area contributed by atoms with Crippen molar-refractivity contribution >= 4 is 5.97 Å². The average molecular weight is 195 g/mol. The van der Waals surface area contributed by atoms with Crippen LogP contribution in [0.3, 0.4) is 0 Å². The fraction of sp³-hybridized carbons (Fsp3) is 0.667. The molecule has 1 saturated carbocycles. The minimum absolute atomic E-state index is 0.447. The van der Waals surface area contributed by atoms with Crippen molar-refractivity contribution in [1.82, 2.24) is 14.8 Å². The zero-order valence-corrected chi connectivity index (χ0v) is 7.89. The summed E-state index contributed by atoms with van der Waals surface area (Å²) in [5.41, 5.74) is -0.603. The summed E-state index contributed by atoms with van der Waals surface area (Å²) in [6.07, 6.45) is 6.51. The fourth-order valence-corrected chi connectivity index (χ4v) is 2.12. The van der Waals surface area contributed by atoms with Crippen LogP contribution in [0.2, 0.25) is 0 Å². The number of aliphatic carboxylic acids is 1. The number of aromatic nitrogens is 3. The lowest BCUT2D eigenvalue weighted by Crippen LogP contribution is -2.32. The van der Waals surface area contributed by atoms with Gasteiger partial charge in [-0.15, -0.1) is 0 Å². The molecule has 0 atom stereocenters. The lowest BCUT2D eigenvalue weighted by molar-refractivity contribution is -0.149. The van der Waals surface area contributed by atoms with Crippen LogP contribution in [-0.2, 0) is 11.3 Å². The lowest BCUT2D eigenvalue weighted by atomic mass is 9.86. The number of hydrogen-bond acceptors (Lipinski definition) is 3. The molecule has 1 fully saturated rings. The van der Waals surface area contributed by atoms with Crippen molar-refractivity contribution in [3.63, 3.8) is 0 Å². The predicted octanol–water partition coefficient (Wildman–Crippen LogP) is 0.923. The zero-order chi connectivity index (χ0) is 10.0. The number of nitrogens with zero attached hydrogens (tertiary/aromatic N) is 3. The Balaban J connectivity index is 2.16. The van der Waals surface area contributed by atoms with Crippen molar-refractivity contribution in [3.05, 3.63) is 12.7 Å². The Hall–Kier alpha value is -1.39. The first kappa shape index (κ1) is 9.18. The molecule has 0 unspecified atom stereocenters. The maximum atomic E-state index is 11.2. The number of hydrogen-bond donors (Lipinski definition) is 1. The molecular formula is C9H13N3O2. The predicted molar refractivity (Wildman–Crippen MR) is 48.6 cm³/mol. The van der Waals surface area contributed by atoms with E-state index in [1.807, 2.05) is 0 Å². The minimum Gasteiger partial charge on any atom is -0.481 e. The standard InChI is InChI=1S/C9H13N3O2/c13-8(14)9(3-1-2-4-9)5-12-7-10-6-11-12/h6-7H,1-5H2,(H,13,14). The normalized spacial score (nSPS) is 19.7. The molecule has 5 heteroatoms. The summed E-state index contributed by atoms with van der Waals surface area (Å²) in [5.74, 6) is -0.703. The highest BCUT2D eigenvalue weighted by molar-refractivity contribution is 5.74. The molecule has 14 heavy (non-hydrogen) atoms. The van der Waals surface area contributed by atoms with Gasteiger partial charge in [0.2, 0.25) is 0 Å². The molecule has 1 aromatic heterocycles. The highest BCUT2D eigenvalue weighted by atomic mass is 16.4. The van der Waals surface area contributed by atoms with E-state index in [1.54, 1.807) is 11.0 Å². The average Bonchev–Trinajstić information content (AvgIpc) is 2.76. The third kappa shape index (κ3) is 1.49. The van der Waals surface area contributed by atoms with E-state index in [4.69, 9.17) is 0 Å². The van der Waals surface area contributed by atoms with Gasteiger partial charge < -0.3 is 5.11 Å². The van der Waals surface area contributed by atoms with Crippen LogP contribution in [0.15, 0.2) is 12.7 Å². The number of carboxylic acid groups (broad SMARTS) is 1. The van der Waals surface area contributed by atoms with Crippen molar-refractivity contribution in [2.45, 2.75) is 32.2 Å². The summed E-state index contributed by atoms with van der Waals surface area (Å²) >= 11 is 0. The Bertz CT molecular complexity index is 315. The van der Waals surface area contributed by atoms with Crippen LogP contribution in [-0.4, -0.2) is 25.8 Å². The first-order valence-electron chi connectivity index (χ1n) is 4.79. The van der Waals surface area contributed by atoms with E-state index >= 15 is 0 Å². The molecule has 1 aliphatic carbocycles. The van der Waals surface area contributed by atoms with Gasteiger partial charge in [0.15, 0.2) is 0 Å². The van der Waals surface area contributed by atoms with Gasteiger partial charge in [0.25, 0.3) is 0 Å². The molecule has 0 aliphatic heterocycles. The summed E-state index contributed by atoms with van der Waals surface area (Å²) in [5, 5.41) is 13.2. The van der Waals surface area contributed by atoms with E-state index in [-0.39, 0.29) is 0 Å². The SMILES string of the molecule is O=C(O)C1(Cn2cncn2)CCCC1. The first-order chi connectivity index (χ1) is 6.73. The highest BCUT2D eigenvalue weighted by Gasteiger charge is 2.41. The van der Waals surface area contributed by atoms with Crippen LogP contribution in [0.5, 0.6) is 0 Å². The summed E-state index contributed by atoms with van der Waals surface area (Å²) in [6, 6.07) is 0. The molecule has 0 bridgehead atoms. The third-order valence-electron chi connectivity index (χ3n) is 2.95. The molecule has 1 aromatic rings. The Morgan fingerprint density at radius 3 is 2.71 bits per heavy atom. The maximum absolute atomic E-state index is 11.2. The molecule has 0 radical (unpaired) electrons. The van der Waals surface area contributed by atoms with E-state index in [1.165, 1.54) is 6.33 Å². The van der Waals surface area contributed by atoms with Gasteiger partial charge in [-0.25, -0.2) is 4.98 Å². The van der Waals surface area contributed by atoms with Gasteiger partial charge in [-0.1, -0.05) is 12.8 Å². The minimum atomic E-state index is -0.703. The number of rotatable bonds is 3. The van der Waals surface area contributed by atoms with Crippen LogP contribution in [0.4, 0.5) is 0 Å². The first-order valence-corrected chi connectivity index (χ1v) is 4.79. The number of carboxylic acids is 1. The van der Waals surface area contributed by atoms with Crippen LogP contribution < -0.4 is 0 Å². The van der Waals surface area contributed by atoms with E-state index in [0.717, 1.165) is 25.7 Å². The largest absolute Gasteiger partial charge is 0.481 e. The molecule has 76 valence electrons. The lowest BCUT2D eigenvalue weighted by Gasteiger charge is -2.22. The molecule has 0 saturated heterocycles. The smallest absolute Gasteiger partial charge is 0.311 e. The van der Waals surface area contributed by atoms with Crippen molar-refractivity contribution in [1.29, 1.82) is 0 Å². The fourth-order valence-electron chi connectivity index (χ4n) is 2.12. The molecule has 1 aliphatic rings. The second-order valence-electron chi connectivity index (χ2n) is 3.89. The van der Waals surface area contributed by atoms with Gasteiger partial charge in [0.1, 0.15) is 12.7 Å². The van der Waals surface area contributed by atoms with Crippen molar-refractivity contribution < 1.29 is 9.90 Å². The highest BCUT2D eigenvalue weighted by Crippen LogP contribution is 2.39. The Morgan fingerprint density at radius 2 is 2.21 bits per heavy atom. The van der Waals surface area contributed by atoms with E-state index < -0.39 is 11.4 Å². The molecule has 0 aromatic carbocycles.